The zero-order chi connectivity index (χ0) is 13.8. The minimum Gasteiger partial charge on any atom is -0.303 e. The summed E-state index contributed by atoms with van der Waals surface area (Å²) in [5.74, 6) is 0.226. The van der Waals surface area contributed by atoms with E-state index in [4.69, 9.17) is 5.41 Å². The Balaban J connectivity index is 0. The van der Waals surface area contributed by atoms with Gasteiger partial charge in [-0.15, -0.1) is 0 Å². The molecule has 0 radical (unpaired) electrons. The fourth-order valence-electron chi connectivity index (χ4n) is 1.11. The zero-order valence-corrected chi connectivity index (χ0v) is 12.3. The summed E-state index contributed by atoms with van der Waals surface area (Å²) in [6.07, 6.45) is 5.64. The number of H-pyrrole nitrogens is 1. The molecular formula is C14H27N3. The van der Waals surface area contributed by atoms with Crippen LogP contribution >= 0.6 is 0 Å². The summed E-state index contributed by atoms with van der Waals surface area (Å²) < 4.78 is 0. The van der Waals surface area contributed by atoms with Gasteiger partial charge in [-0.3, -0.25) is 5.10 Å². The van der Waals surface area contributed by atoms with Crippen molar-refractivity contribution >= 4 is 11.8 Å². The second-order valence-electron chi connectivity index (χ2n) is 3.27. The molecule has 1 heterocycles. The molecule has 98 valence electrons. The molecule has 3 heteroatoms. The van der Waals surface area contributed by atoms with E-state index in [0.717, 1.165) is 11.3 Å². The van der Waals surface area contributed by atoms with Crippen LogP contribution in [-0.4, -0.2) is 15.9 Å². The van der Waals surface area contributed by atoms with Crippen LogP contribution in [0.25, 0.3) is 6.08 Å². The number of aromatic amines is 1. The molecule has 0 unspecified atom stereocenters. The quantitative estimate of drug-likeness (QED) is 0.746. The van der Waals surface area contributed by atoms with Crippen LogP contribution in [0.3, 0.4) is 0 Å². The largest absolute Gasteiger partial charge is 0.303 e. The summed E-state index contributed by atoms with van der Waals surface area (Å²) in [7, 11) is 0. The molecule has 3 nitrogen and oxygen atoms in total. The van der Waals surface area contributed by atoms with Crippen molar-refractivity contribution in [2.75, 3.05) is 0 Å². The van der Waals surface area contributed by atoms with Crippen LogP contribution in [0, 0.1) is 11.3 Å². The number of allylic oxidation sites excluding steroid dienone is 1. The molecule has 0 spiro atoms. The van der Waals surface area contributed by atoms with Crippen LogP contribution in [0.4, 0.5) is 0 Å². The molecule has 1 aromatic heterocycles. The first-order valence-electron chi connectivity index (χ1n) is 6.41. The molecule has 0 aliphatic heterocycles. The Morgan fingerprint density at radius 2 is 1.82 bits per heavy atom. The number of rotatable bonds is 3. The standard InChI is InChI=1S/C10H15N3.2C2H6/c1-4-5-8-6-12-13-10(8)9(11)7(2)3;2*1-2/h4-7,11H,1-3H3,(H,12,13);2*1-2H3/b5-4-,11-9?;;. The van der Waals surface area contributed by atoms with Crippen LogP contribution < -0.4 is 0 Å². The lowest BCUT2D eigenvalue weighted by Gasteiger charge is -2.05. The maximum Gasteiger partial charge on any atom is 0.0860 e. The van der Waals surface area contributed by atoms with E-state index in [1.54, 1.807) is 6.20 Å². The SMILES string of the molecule is C/C=C\c1cn[nH]c1C(=N)C(C)C.CC.CC. The van der Waals surface area contributed by atoms with Crippen LogP contribution in [0.1, 0.15) is 59.7 Å². The highest BCUT2D eigenvalue weighted by Crippen LogP contribution is 2.12. The van der Waals surface area contributed by atoms with Gasteiger partial charge in [-0.05, 0) is 12.8 Å². The molecule has 0 aromatic carbocycles. The van der Waals surface area contributed by atoms with Gasteiger partial charge in [0.25, 0.3) is 0 Å². The van der Waals surface area contributed by atoms with Crippen molar-refractivity contribution in [3.8, 4) is 0 Å². The van der Waals surface area contributed by atoms with E-state index in [-0.39, 0.29) is 5.92 Å². The number of nitrogens with zero attached hydrogens (tertiary/aromatic N) is 1. The van der Waals surface area contributed by atoms with Crippen molar-refractivity contribution in [2.24, 2.45) is 5.92 Å². The van der Waals surface area contributed by atoms with Gasteiger partial charge in [0.1, 0.15) is 0 Å². The molecule has 0 fully saturated rings. The Hall–Kier alpha value is -1.38. The molecular weight excluding hydrogens is 210 g/mol. The van der Waals surface area contributed by atoms with Gasteiger partial charge in [0, 0.05) is 5.56 Å². The molecule has 0 saturated heterocycles. The van der Waals surface area contributed by atoms with E-state index in [9.17, 15) is 0 Å². The van der Waals surface area contributed by atoms with Gasteiger partial charge in [0.2, 0.25) is 0 Å². The lowest BCUT2D eigenvalue weighted by molar-refractivity contribution is 0.869. The Bertz CT molecular complexity index is 322. The Kier molecular flexibility index (Phi) is 11.8. The summed E-state index contributed by atoms with van der Waals surface area (Å²) in [4.78, 5) is 0. The second-order valence-corrected chi connectivity index (χ2v) is 3.27. The van der Waals surface area contributed by atoms with Crippen LogP contribution in [0.5, 0.6) is 0 Å². The van der Waals surface area contributed by atoms with E-state index >= 15 is 0 Å². The van der Waals surface area contributed by atoms with Gasteiger partial charge in [-0.25, -0.2) is 0 Å². The van der Waals surface area contributed by atoms with Crippen molar-refractivity contribution in [3.63, 3.8) is 0 Å². The van der Waals surface area contributed by atoms with Crippen molar-refractivity contribution in [1.29, 1.82) is 5.41 Å². The van der Waals surface area contributed by atoms with Crippen molar-refractivity contribution < 1.29 is 0 Å². The van der Waals surface area contributed by atoms with Crippen molar-refractivity contribution in [1.82, 2.24) is 10.2 Å². The van der Waals surface area contributed by atoms with Crippen LogP contribution in [0.15, 0.2) is 12.3 Å². The van der Waals surface area contributed by atoms with Gasteiger partial charge in [-0.1, -0.05) is 53.7 Å². The van der Waals surface area contributed by atoms with Gasteiger partial charge in [0.05, 0.1) is 17.6 Å². The molecule has 0 aliphatic carbocycles. The Labute approximate surface area is 106 Å². The predicted octanol–water partition coefficient (Wildman–Crippen LogP) is 4.52. The van der Waals surface area contributed by atoms with Crippen LogP contribution in [-0.2, 0) is 0 Å². The summed E-state index contributed by atoms with van der Waals surface area (Å²) >= 11 is 0. The number of aromatic nitrogens is 2. The third kappa shape index (κ3) is 6.05. The predicted molar refractivity (Wildman–Crippen MR) is 77.7 cm³/mol. The normalized spacial score (nSPS) is 9.41. The minimum atomic E-state index is 0.226. The Morgan fingerprint density at radius 3 is 2.24 bits per heavy atom. The second kappa shape index (κ2) is 11.1. The highest BCUT2D eigenvalue weighted by atomic mass is 15.1. The third-order valence-electron chi connectivity index (χ3n) is 1.86. The molecule has 1 aromatic rings. The third-order valence-corrected chi connectivity index (χ3v) is 1.86. The monoisotopic (exact) mass is 237 g/mol. The van der Waals surface area contributed by atoms with Crippen LogP contribution in [0.2, 0.25) is 0 Å². The Morgan fingerprint density at radius 1 is 1.29 bits per heavy atom. The van der Waals surface area contributed by atoms with Gasteiger partial charge >= 0.3 is 0 Å². The summed E-state index contributed by atoms with van der Waals surface area (Å²) in [5.41, 5.74) is 2.42. The number of nitrogens with one attached hydrogen (secondary N) is 2. The highest BCUT2D eigenvalue weighted by molar-refractivity contribution is 6.00. The van der Waals surface area contributed by atoms with Gasteiger partial charge in [-0.2, -0.15) is 5.10 Å². The molecule has 2 N–H and O–H groups in total. The minimum absolute atomic E-state index is 0.226. The summed E-state index contributed by atoms with van der Waals surface area (Å²) in [6, 6.07) is 0. The molecule has 0 amide bonds. The topological polar surface area (TPSA) is 52.5 Å². The first-order chi connectivity index (χ1) is 8.16. The maximum atomic E-state index is 7.82. The number of hydrogen-bond acceptors (Lipinski definition) is 2. The molecule has 17 heavy (non-hydrogen) atoms. The summed E-state index contributed by atoms with van der Waals surface area (Å²) in [6.45, 7) is 14.0. The van der Waals surface area contributed by atoms with E-state index < -0.39 is 0 Å². The zero-order valence-electron chi connectivity index (χ0n) is 12.3. The highest BCUT2D eigenvalue weighted by Gasteiger charge is 2.10. The molecule has 0 atom stereocenters. The lowest BCUT2D eigenvalue weighted by Crippen LogP contribution is -2.09. The van der Waals surface area contributed by atoms with E-state index in [1.165, 1.54) is 0 Å². The van der Waals surface area contributed by atoms with Crippen molar-refractivity contribution in [3.05, 3.63) is 23.5 Å². The fourth-order valence-corrected chi connectivity index (χ4v) is 1.11. The number of hydrogen-bond donors (Lipinski definition) is 2. The van der Waals surface area contributed by atoms with E-state index in [0.29, 0.717) is 5.71 Å². The molecule has 1 rings (SSSR count). The van der Waals surface area contributed by atoms with Gasteiger partial charge in [0.15, 0.2) is 0 Å². The van der Waals surface area contributed by atoms with E-state index in [1.807, 2.05) is 60.6 Å². The van der Waals surface area contributed by atoms with E-state index in [2.05, 4.69) is 10.2 Å². The smallest absolute Gasteiger partial charge is 0.0860 e. The first kappa shape index (κ1) is 18.0. The fraction of sp³-hybridized carbons (Fsp3) is 0.571. The lowest BCUT2D eigenvalue weighted by atomic mass is 10.0. The average Bonchev–Trinajstić information content (AvgIpc) is 2.82. The molecule has 0 bridgehead atoms. The first-order valence-corrected chi connectivity index (χ1v) is 6.41. The maximum absolute atomic E-state index is 7.82. The van der Waals surface area contributed by atoms with Gasteiger partial charge < -0.3 is 5.41 Å². The average molecular weight is 237 g/mol. The molecule has 0 saturated carbocycles. The molecule has 0 aliphatic rings. The summed E-state index contributed by atoms with van der Waals surface area (Å²) in [5, 5.41) is 14.6. The van der Waals surface area contributed by atoms with Crippen molar-refractivity contribution in [2.45, 2.75) is 48.5 Å².